The van der Waals surface area contributed by atoms with Gasteiger partial charge in [-0.3, -0.25) is 10.1 Å². The first-order valence-corrected chi connectivity index (χ1v) is 9.38. The lowest BCUT2D eigenvalue weighted by Crippen LogP contribution is -2.48. The predicted molar refractivity (Wildman–Crippen MR) is 88.4 cm³/mol. The van der Waals surface area contributed by atoms with Gasteiger partial charge in [-0.1, -0.05) is 0 Å². The van der Waals surface area contributed by atoms with E-state index >= 15 is 0 Å². The molecule has 1 saturated heterocycles. The smallest absolute Gasteiger partial charge is 0.293 e. The number of nitro benzene ring substituents is 1. The lowest BCUT2D eigenvalue weighted by Gasteiger charge is -2.48. The molecular formula is C15H21N3O5S. The van der Waals surface area contributed by atoms with E-state index in [-0.39, 0.29) is 16.6 Å². The third kappa shape index (κ3) is 3.11. The largest absolute Gasteiger partial charge is 0.380 e. The van der Waals surface area contributed by atoms with Crippen molar-refractivity contribution in [3.8, 4) is 0 Å². The fraction of sp³-hybridized carbons (Fsp3) is 0.600. The van der Waals surface area contributed by atoms with Crippen LogP contribution in [0.4, 0.5) is 11.4 Å². The molecule has 0 atom stereocenters. The molecule has 24 heavy (non-hydrogen) atoms. The van der Waals surface area contributed by atoms with Crippen molar-refractivity contribution in [1.29, 1.82) is 0 Å². The molecule has 1 heterocycles. The quantitative estimate of drug-likeness (QED) is 0.648. The first-order chi connectivity index (χ1) is 11.2. The molecule has 0 bridgehead atoms. The minimum Gasteiger partial charge on any atom is -0.380 e. The van der Waals surface area contributed by atoms with Crippen LogP contribution < -0.4 is 10.0 Å². The second-order valence-corrected chi connectivity index (χ2v) is 8.35. The van der Waals surface area contributed by atoms with E-state index in [0.29, 0.717) is 11.1 Å². The number of hydrogen-bond donors (Lipinski definition) is 1. The van der Waals surface area contributed by atoms with E-state index < -0.39 is 14.9 Å². The van der Waals surface area contributed by atoms with Gasteiger partial charge in [-0.05, 0) is 37.8 Å². The van der Waals surface area contributed by atoms with Crippen LogP contribution in [-0.4, -0.2) is 39.6 Å². The van der Waals surface area contributed by atoms with Gasteiger partial charge in [-0.25, -0.2) is 13.6 Å². The molecule has 8 nitrogen and oxygen atoms in total. The highest BCUT2D eigenvalue weighted by atomic mass is 32.2. The van der Waals surface area contributed by atoms with Crippen molar-refractivity contribution in [2.75, 3.05) is 25.2 Å². The van der Waals surface area contributed by atoms with Crippen molar-refractivity contribution in [2.45, 2.75) is 36.6 Å². The van der Waals surface area contributed by atoms with E-state index in [2.05, 4.69) is 0 Å². The summed E-state index contributed by atoms with van der Waals surface area (Å²) in [6, 6.07) is 4.01. The predicted octanol–water partition coefficient (Wildman–Crippen LogP) is 1.64. The zero-order valence-corrected chi connectivity index (χ0v) is 14.3. The number of benzene rings is 1. The van der Waals surface area contributed by atoms with Crippen LogP contribution in [0, 0.1) is 15.5 Å². The zero-order chi connectivity index (χ0) is 17.5. The number of rotatable bonds is 4. The molecule has 0 aromatic heterocycles. The summed E-state index contributed by atoms with van der Waals surface area (Å²) in [5.41, 5.74) is 0.482. The van der Waals surface area contributed by atoms with E-state index in [1.165, 1.54) is 12.1 Å². The van der Waals surface area contributed by atoms with Crippen LogP contribution in [0.25, 0.3) is 0 Å². The van der Waals surface area contributed by atoms with Crippen molar-refractivity contribution in [3.05, 3.63) is 28.3 Å². The van der Waals surface area contributed by atoms with E-state index in [9.17, 15) is 18.5 Å². The number of nitrogens with zero attached hydrogens (tertiary/aromatic N) is 2. The molecule has 2 aliphatic rings. The summed E-state index contributed by atoms with van der Waals surface area (Å²) in [6.45, 7) is 1.62. The molecular weight excluding hydrogens is 334 g/mol. The number of ether oxygens (including phenoxy) is 1. The molecule has 9 heteroatoms. The Morgan fingerprint density at radius 1 is 1.33 bits per heavy atom. The van der Waals surface area contributed by atoms with Crippen molar-refractivity contribution in [1.82, 2.24) is 0 Å². The van der Waals surface area contributed by atoms with Crippen LogP contribution in [0.2, 0.25) is 0 Å². The Balaban J connectivity index is 1.84. The molecule has 0 unspecified atom stereocenters. The highest BCUT2D eigenvalue weighted by Gasteiger charge is 2.42. The van der Waals surface area contributed by atoms with Gasteiger partial charge in [0.2, 0.25) is 10.0 Å². The SMILES string of the molecule is CN(c1ccc(S(N)(=O)=O)cc1[N+](=O)[O-])C1CCC2(CC1)COC2. The maximum atomic E-state index is 11.4. The van der Waals surface area contributed by atoms with Crippen molar-refractivity contribution in [2.24, 2.45) is 10.6 Å². The Kier molecular flexibility index (Phi) is 4.27. The fourth-order valence-corrected chi connectivity index (χ4v) is 4.14. The summed E-state index contributed by atoms with van der Waals surface area (Å²) < 4.78 is 28.2. The van der Waals surface area contributed by atoms with Crippen molar-refractivity contribution >= 4 is 21.4 Å². The number of nitrogens with two attached hydrogens (primary N) is 1. The first kappa shape index (κ1) is 17.1. The van der Waals surface area contributed by atoms with E-state index in [1.807, 2.05) is 11.9 Å². The summed E-state index contributed by atoms with van der Waals surface area (Å²) in [6.07, 6.45) is 3.97. The lowest BCUT2D eigenvalue weighted by atomic mass is 9.71. The standard InChI is InChI=1S/C15H21N3O5S/c1-17(11-4-6-15(7-5-11)9-23-10-15)13-3-2-12(24(16,21)22)8-14(13)18(19)20/h2-3,8,11H,4-7,9-10H2,1H3,(H2,16,21,22). The van der Waals surface area contributed by atoms with E-state index in [1.54, 1.807) is 0 Å². The Morgan fingerprint density at radius 2 is 1.96 bits per heavy atom. The summed E-state index contributed by atoms with van der Waals surface area (Å²) in [5.74, 6) is 0. The van der Waals surface area contributed by atoms with E-state index in [4.69, 9.17) is 9.88 Å². The van der Waals surface area contributed by atoms with Gasteiger partial charge in [0.25, 0.3) is 5.69 Å². The maximum Gasteiger partial charge on any atom is 0.293 e. The number of anilines is 1. The third-order valence-corrected chi connectivity index (χ3v) is 6.14. The molecule has 0 radical (unpaired) electrons. The van der Waals surface area contributed by atoms with Crippen LogP contribution in [-0.2, 0) is 14.8 Å². The van der Waals surface area contributed by atoms with Crippen molar-refractivity contribution in [3.63, 3.8) is 0 Å². The van der Waals surface area contributed by atoms with Crippen molar-refractivity contribution < 1.29 is 18.1 Å². The first-order valence-electron chi connectivity index (χ1n) is 7.84. The molecule has 0 amide bonds. The van der Waals surface area contributed by atoms with Gasteiger partial charge in [0.05, 0.1) is 23.0 Å². The molecule has 3 rings (SSSR count). The van der Waals surface area contributed by atoms with Gasteiger partial charge in [0.15, 0.2) is 0 Å². The van der Waals surface area contributed by atoms with Crippen LogP contribution in [0.15, 0.2) is 23.1 Å². The molecule has 1 aliphatic heterocycles. The second-order valence-electron chi connectivity index (χ2n) is 6.79. The fourth-order valence-electron chi connectivity index (χ4n) is 3.60. The Morgan fingerprint density at radius 3 is 2.42 bits per heavy atom. The van der Waals surface area contributed by atoms with Gasteiger partial charge >= 0.3 is 0 Å². The molecule has 2 N–H and O–H groups in total. The summed E-state index contributed by atoms with van der Waals surface area (Å²) in [4.78, 5) is 12.4. The minimum absolute atomic E-state index is 0.190. The van der Waals surface area contributed by atoms with E-state index in [0.717, 1.165) is 45.0 Å². The topological polar surface area (TPSA) is 116 Å². The van der Waals surface area contributed by atoms with Crippen LogP contribution in [0.5, 0.6) is 0 Å². The summed E-state index contributed by atoms with van der Waals surface area (Å²) in [7, 11) is -2.16. The Hall–Kier alpha value is -1.71. The monoisotopic (exact) mass is 355 g/mol. The third-order valence-electron chi connectivity index (χ3n) is 5.23. The summed E-state index contributed by atoms with van der Waals surface area (Å²) in [5, 5.41) is 16.4. The summed E-state index contributed by atoms with van der Waals surface area (Å²) >= 11 is 0. The Labute approximate surface area is 140 Å². The van der Waals surface area contributed by atoms with Gasteiger partial charge in [-0.2, -0.15) is 0 Å². The van der Waals surface area contributed by atoms with Gasteiger partial charge < -0.3 is 9.64 Å². The molecule has 1 aliphatic carbocycles. The van der Waals surface area contributed by atoms with Crippen LogP contribution in [0.1, 0.15) is 25.7 Å². The second kappa shape index (κ2) is 5.98. The number of primary sulfonamides is 1. The maximum absolute atomic E-state index is 11.4. The van der Waals surface area contributed by atoms with Gasteiger partial charge in [-0.15, -0.1) is 0 Å². The van der Waals surface area contributed by atoms with Gasteiger partial charge in [0, 0.05) is 24.6 Å². The minimum atomic E-state index is -3.97. The molecule has 1 aromatic rings. The molecule has 2 fully saturated rings. The molecule has 132 valence electrons. The normalized spacial score (nSPS) is 20.6. The highest BCUT2D eigenvalue weighted by Crippen LogP contribution is 2.44. The number of sulfonamides is 1. The van der Waals surface area contributed by atoms with Gasteiger partial charge in [0.1, 0.15) is 5.69 Å². The average Bonchev–Trinajstić information content (AvgIpc) is 2.51. The van der Waals surface area contributed by atoms with Crippen LogP contribution in [0.3, 0.4) is 0 Å². The zero-order valence-electron chi connectivity index (χ0n) is 13.5. The highest BCUT2D eigenvalue weighted by molar-refractivity contribution is 7.89. The molecule has 1 aromatic carbocycles. The lowest BCUT2D eigenvalue weighted by molar-refractivity contribution is -0.384. The average molecular weight is 355 g/mol. The molecule has 1 saturated carbocycles. The Bertz CT molecular complexity index is 750. The van der Waals surface area contributed by atoms with Crippen LogP contribution >= 0.6 is 0 Å². The number of hydrogen-bond acceptors (Lipinski definition) is 6. The molecule has 1 spiro atoms. The number of nitro groups is 1.